The molecule has 0 aromatic rings. The van der Waals surface area contributed by atoms with Gasteiger partial charge in [-0.25, -0.2) is 0 Å². The molecule has 1 N–H and O–H groups in total. The van der Waals surface area contributed by atoms with Crippen LogP contribution in [0.15, 0.2) is 0 Å². The number of unbranched alkanes of at least 4 members (excludes halogenated alkanes) is 6. The normalized spacial score (nSPS) is 12.0. The Morgan fingerprint density at radius 2 is 1.45 bits per heavy atom. The van der Waals surface area contributed by atoms with Gasteiger partial charge < -0.3 is 14.6 Å². The Balaban J connectivity index is 3.72. The van der Waals surface area contributed by atoms with Crippen LogP contribution in [0.1, 0.15) is 78.1 Å². The first kappa shape index (κ1) is 20.9. The molecule has 0 fully saturated rings. The molecule has 0 spiro atoms. The van der Waals surface area contributed by atoms with Gasteiger partial charge in [-0.05, 0) is 12.8 Å². The van der Waals surface area contributed by atoms with E-state index in [0.717, 1.165) is 32.1 Å². The fourth-order valence-corrected chi connectivity index (χ4v) is 2.00. The summed E-state index contributed by atoms with van der Waals surface area (Å²) in [7, 11) is 0. The van der Waals surface area contributed by atoms with Crippen LogP contribution < -0.4 is 0 Å². The number of esters is 2. The summed E-state index contributed by atoms with van der Waals surface area (Å²) in [5.74, 6) is -0.647. The van der Waals surface area contributed by atoms with Crippen molar-refractivity contribution >= 4 is 11.9 Å². The molecule has 0 aromatic heterocycles. The van der Waals surface area contributed by atoms with Gasteiger partial charge in [0.05, 0.1) is 6.61 Å². The van der Waals surface area contributed by atoms with Crippen molar-refractivity contribution in [1.29, 1.82) is 0 Å². The van der Waals surface area contributed by atoms with E-state index >= 15 is 0 Å². The van der Waals surface area contributed by atoms with Crippen molar-refractivity contribution in [3.63, 3.8) is 0 Å². The van der Waals surface area contributed by atoms with Crippen molar-refractivity contribution in [2.45, 2.75) is 84.2 Å². The molecule has 0 aliphatic rings. The number of aliphatic hydroxyl groups excluding tert-OH is 1. The molecule has 22 heavy (non-hydrogen) atoms. The monoisotopic (exact) mass is 316 g/mol. The highest BCUT2D eigenvalue weighted by atomic mass is 16.6. The Kier molecular flexibility index (Phi) is 14.1. The largest absolute Gasteiger partial charge is 0.462 e. The Labute approximate surface area is 134 Å². The minimum absolute atomic E-state index is 0.0682. The predicted molar refractivity (Wildman–Crippen MR) is 85.4 cm³/mol. The number of rotatable bonds is 14. The fraction of sp³-hybridized carbons (Fsp3) is 0.882. The van der Waals surface area contributed by atoms with E-state index in [4.69, 9.17) is 14.6 Å². The summed E-state index contributed by atoms with van der Waals surface area (Å²) in [5, 5.41) is 9.16. The number of ether oxygens (including phenoxy) is 2. The van der Waals surface area contributed by atoms with E-state index in [0.29, 0.717) is 12.8 Å². The fourth-order valence-electron chi connectivity index (χ4n) is 2.00. The first-order chi connectivity index (χ1) is 10.6. The summed E-state index contributed by atoms with van der Waals surface area (Å²) < 4.78 is 10.1. The zero-order valence-corrected chi connectivity index (χ0v) is 14.1. The molecule has 0 radical (unpaired) electrons. The number of hydrogen-bond acceptors (Lipinski definition) is 5. The molecule has 0 amide bonds. The third kappa shape index (κ3) is 12.6. The zero-order chi connectivity index (χ0) is 16.6. The second kappa shape index (κ2) is 14.8. The second-order valence-corrected chi connectivity index (χ2v) is 5.60. The van der Waals surface area contributed by atoms with Crippen molar-refractivity contribution < 1.29 is 24.2 Å². The van der Waals surface area contributed by atoms with Gasteiger partial charge in [0.15, 0.2) is 6.10 Å². The summed E-state index contributed by atoms with van der Waals surface area (Å²) in [4.78, 5) is 23.0. The molecule has 5 nitrogen and oxygen atoms in total. The smallest absolute Gasteiger partial charge is 0.306 e. The molecular weight excluding hydrogens is 284 g/mol. The number of carbonyl (C=O) groups excluding carboxylic acids is 2. The van der Waals surface area contributed by atoms with Crippen molar-refractivity contribution in [1.82, 2.24) is 0 Å². The standard InChI is InChI=1S/C17H32O5/c1-3-5-7-8-9-10-12-17(20)22-15(13-18)14-21-16(19)11-6-4-2/h15,18H,3-14H2,1-2H3/t15-/m0/s1. The lowest BCUT2D eigenvalue weighted by molar-refractivity contribution is -0.161. The third-order valence-electron chi connectivity index (χ3n) is 3.40. The Bertz CT molecular complexity index is 291. The number of hydrogen-bond donors (Lipinski definition) is 1. The number of aliphatic hydroxyl groups is 1. The van der Waals surface area contributed by atoms with Crippen LogP contribution in [0, 0.1) is 0 Å². The highest BCUT2D eigenvalue weighted by Gasteiger charge is 2.15. The highest BCUT2D eigenvalue weighted by molar-refractivity contribution is 5.70. The molecule has 0 aliphatic heterocycles. The van der Waals surface area contributed by atoms with E-state index in [1.165, 1.54) is 19.3 Å². The van der Waals surface area contributed by atoms with Gasteiger partial charge in [-0.15, -0.1) is 0 Å². The molecule has 0 saturated heterocycles. The molecule has 5 heteroatoms. The highest BCUT2D eigenvalue weighted by Crippen LogP contribution is 2.08. The van der Waals surface area contributed by atoms with Crippen LogP contribution in [0.5, 0.6) is 0 Å². The SMILES string of the molecule is CCCCCCCCC(=O)O[C@@H](CO)COC(=O)CCCC. The van der Waals surface area contributed by atoms with Gasteiger partial charge in [-0.2, -0.15) is 0 Å². The summed E-state index contributed by atoms with van der Waals surface area (Å²) in [5.41, 5.74) is 0. The van der Waals surface area contributed by atoms with Crippen LogP contribution in [-0.2, 0) is 19.1 Å². The lowest BCUT2D eigenvalue weighted by Crippen LogP contribution is -2.28. The topological polar surface area (TPSA) is 72.8 Å². The average molecular weight is 316 g/mol. The van der Waals surface area contributed by atoms with E-state index in [1.54, 1.807) is 0 Å². The molecule has 1 atom stereocenters. The van der Waals surface area contributed by atoms with Gasteiger partial charge in [0.25, 0.3) is 0 Å². The van der Waals surface area contributed by atoms with Crippen molar-refractivity contribution in [3.05, 3.63) is 0 Å². The maximum atomic E-state index is 11.6. The number of carbonyl (C=O) groups is 2. The van der Waals surface area contributed by atoms with E-state index in [2.05, 4.69) is 6.92 Å². The molecule has 0 aliphatic carbocycles. The predicted octanol–water partition coefficient (Wildman–Crippen LogP) is 3.37. The summed E-state index contributed by atoms with van der Waals surface area (Å²) >= 11 is 0. The van der Waals surface area contributed by atoms with Crippen LogP contribution in [-0.4, -0.2) is 36.4 Å². The molecular formula is C17H32O5. The van der Waals surface area contributed by atoms with E-state index in [1.807, 2.05) is 6.92 Å². The minimum Gasteiger partial charge on any atom is -0.462 e. The van der Waals surface area contributed by atoms with E-state index < -0.39 is 6.10 Å². The Hall–Kier alpha value is -1.10. The average Bonchev–Trinajstić information content (AvgIpc) is 2.52. The summed E-state index contributed by atoms with van der Waals surface area (Å²) in [6.45, 7) is 3.76. The third-order valence-corrected chi connectivity index (χ3v) is 3.40. The van der Waals surface area contributed by atoms with E-state index in [-0.39, 0.29) is 25.2 Å². The molecule has 130 valence electrons. The first-order valence-corrected chi connectivity index (χ1v) is 8.59. The molecule has 0 aromatic carbocycles. The summed E-state index contributed by atoms with van der Waals surface area (Å²) in [6.07, 6.45) is 8.27. The van der Waals surface area contributed by atoms with Gasteiger partial charge >= 0.3 is 11.9 Å². The van der Waals surface area contributed by atoms with Crippen molar-refractivity contribution in [2.75, 3.05) is 13.2 Å². The van der Waals surface area contributed by atoms with Gasteiger partial charge in [0.1, 0.15) is 6.61 Å². The van der Waals surface area contributed by atoms with E-state index in [9.17, 15) is 9.59 Å². The molecule has 0 rings (SSSR count). The lowest BCUT2D eigenvalue weighted by Gasteiger charge is -2.15. The van der Waals surface area contributed by atoms with Crippen LogP contribution in [0.25, 0.3) is 0 Å². The molecule has 0 saturated carbocycles. The Morgan fingerprint density at radius 3 is 2.09 bits per heavy atom. The molecule has 0 heterocycles. The van der Waals surface area contributed by atoms with Gasteiger partial charge in [0.2, 0.25) is 0 Å². The van der Waals surface area contributed by atoms with Crippen LogP contribution in [0.2, 0.25) is 0 Å². The van der Waals surface area contributed by atoms with Gasteiger partial charge in [-0.3, -0.25) is 9.59 Å². The Morgan fingerprint density at radius 1 is 0.864 bits per heavy atom. The maximum Gasteiger partial charge on any atom is 0.306 e. The summed E-state index contributed by atoms with van der Waals surface area (Å²) in [6, 6.07) is 0. The lowest BCUT2D eigenvalue weighted by atomic mass is 10.1. The first-order valence-electron chi connectivity index (χ1n) is 8.59. The maximum absolute atomic E-state index is 11.6. The minimum atomic E-state index is -0.752. The van der Waals surface area contributed by atoms with Gasteiger partial charge in [-0.1, -0.05) is 52.4 Å². The van der Waals surface area contributed by atoms with Crippen molar-refractivity contribution in [2.24, 2.45) is 0 Å². The van der Waals surface area contributed by atoms with Crippen LogP contribution in [0.4, 0.5) is 0 Å². The van der Waals surface area contributed by atoms with Gasteiger partial charge in [0, 0.05) is 12.8 Å². The van der Waals surface area contributed by atoms with Crippen LogP contribution >= 0.6 is 0 Å². The quantitative estimate of drug-likeness (QED) is 0.393. The molecule has 0 bridgehead atoms. The molecule has 0 unspecified atom stereocenters. The zero-order valence-electron chi connectivity index (χ0n) is 14.1. The van der Waals surface area contributed by atoms with Crippen molar-refractivity contribution in [3.8, 4) is 0 Å². The second-order valence-electron chi connectivity index (χ2n) is 5.60. The van der Waals surface area contributed by atoms with Crippen LogP contribution in [0.3, 0.4) is 0 Å².